The molecule has 114 valence electrons. The van der Waals surface area contributed by atoms with E-state index < -0.39 is 28.8 Å². The lowest BCUT2D eigenvalue weighted by Crippen LogP contribution is -2.35. The summed E-state index contributed by atoms with van der Waals surface area (Å²) in [5.74, 6) is 0. The maximum atomic E-state index is 12.1. The van der Waals surface area contributed by atoms with Gasteiger partial charge in [0.15, 0.2) is 6.10 Å². The minimum atomic E-state index is -4.74. The molecular weight excluding hydrogens is 299 g/mol. The van der Waals surface area contributed by atoms with Gasteiger partial charge in [0, 0.05) is 6.54 Å². The molecule has 6 nitrogen and oxygen atoms in total. The lowest BCUT2D eigenvalue weighted by Gasteiger charge is -2.17. The first-order valence-corrected chi connectivity index (χ1v) is 6.88. The summed E-state index contributed by atoms with van der Waals surface area (Å²) in [7, 11) is -2.46. The molecule has 1 unspecified atom stereocenters. The average molecular weight is 313 g/mol. The zero-order valence-electron chi connectivity index (χ0n) is 10.4. The second kappa shape index (κ2) is 5.85. The zero-order chi connectivity index (χ0) is 15.6. The number of nitrogen functional groups attached to an aromatic ring is 1. The summed E-state index contributed by atoms with van der Waals surface area (Å²) in [4.78, 5) is -0.112. The highest BCUT2D eigenvalue weighted by atomic mass is 32.2. The molecule has 0 aromatic heterocycles. The Hall–Kier alpha value is -1.52. The summed E-state index contributed by atoms with van der Waals surface area (Å²) in [6, 6.07) is 3.52. The van der Waals surface area contributed by atoms with Crippen LogP contribution in [-0.2, 0) is 10.0 Å². The van der Waals surface area contributed by atoms with E-state index in [2.05, 4.69) is 10.0 Å². The molecule has 5 N–H and O–H groups in total. The number of benzene rings is 1. The van der Waals surface area contributed by atoms with Crippen molar-refractivity contribution in [2.45, 2.75) is 17.2 Å². The Morgan fingerprint density at radius 3 is 2.45 bits per heavy atom. The van der Waals surface area contributed by atoms with E-state index in [0.29, 0.717) is 0 Å². The summed E-state index contributed by atoms with van der Waals surface area (Å²) < 4.78 is 61.4. The van der Waals surface area contributed by atoms with Crippen LogP contribution in [0.15, 0.2) is 23.1 Å². The minimum absolute atomic E-state index is 0.0456. The third kappa shape index (κ3) is 3.99. The molecule has 0 aliphatic carbocycles. The van der Waals surface area contributed by atoms with Gasteiger partial charge in [0.1, 0.15) is 0 Å². The van der Waals surface area contributed by atoms with Crippen molar-refractivity contribution >= 4 is 21.4 Å². The van der Waals surface area contributed by atoms with E-state index in [1.54, 1.807) is 0 Å². The predicted molar refractivity (Wildman–Crippen MR) is 67.7 cm³/mol. The Balaban J connectivity index is 2.85. The first-order chi connectivity index (χ1) is 9.08. The summed E-state index contributed by atoms with van der Waals surface area (Å²) in [6.07, 6.45) is -7.28. The van der Waals surface area contributed by atoms with Crippen LogP contribution in [0.5, 0.6) is 0 Å². The van der Waals surface area contributed by atoms with Gasteiger partial charge >= 0.3 is 6.18 Å². The van der Waals surface area contributed by atoms with Crippen molar-refractivity contribution in [3.05, 3.63) is 18.2 Å². The molecular formula is C10H14F3N3O3S. The third-order valence-electron chi connectivity index (χ3n) is 2.47. The number of hydrogen-bond acceptors (Lipinski definition) is 5. The molecule has 1 aromatic carbocycles. The Morgan fingerprint density at radius 2 is 2.00 bits per heavy atom. The van der Waals surface area contributed by atoms with Crippen LogP contribution in [0.4, 0.5) is 24.5 Å². The molecule has 10 heteroatoms. The van der Waals surface area contributed by atoms with Crippen molar-refractivity contribution in [1.82, 2.24) is 4.72 Å². The van der Waals surface area contributed by atoms with Crippen molar-refractivity contribution in [3.63, 3.8) is 0 Å². The maximum absolute atomic E-state index is 12.1. The molecule has 0 saturated heterocycles. The molecule has 0 heterocycles. The van der Waals surface area contributed by atoms with E-state index >= 15 is 0 Å². The van der Waals surface area contributed by atoms with Gasteiger partial charge in [0.05, 0.1) is 16.3 Å². The van der Waals surface area contributed by atoms with Crippen molar-refractivity contribution < 1.29 is 26.7 Å². The number of anilines is 2. The highest BCUT2D eigenvalue weighted by molar-refractivity contribution is 7.89. The highest BCUT2D eigenvalue weighted by Gasteiger charge is 2.37. The van der Waals surface area contributed by atoms with E-state index in [0.717, 1.165) is 6.07 Å². The lowest BCUT2D eigenvalue weighted by atomic mass is 10.2. The minimum Gasteiger partial charge on any atom is -0.397 e. The third-order valence-corrected chi connectivity index (χ3v) is 3.88. The van der Waals surface area contributed by atoms with Gasteiger partial charge in [-0.05, 0) is 25.2 Å². The molecule has 1 rings (SSSR count). The predicted octanol–water partition coefficient (Wildman–Crippen LogP) is 0.512. The van der Waals surface area contributed by atoms with Crippen LogP contribution >= 0.6 is 0 Å². The SMILES string of the molecule is CNS(=O)(=O)c1ccc(NCC(O)C(F)(F)F)c(N)c1. The number of nitrogens with one attached hydrogen (secondary N) is 2. The van der Waals surface area contributed by atoms with Gasteiger partial charge in [-0.1, -0.05) is 0 Å². The van der Waals surface area contributed by atoms with Crippen molar-refractivity contribution in [1.29, 1.82) is 0 Å². The van der Waals surface area contributed by atoms with Crippen molar-refractivity contribution in [2.24, 2.45) is 0 Å². The summed E-state index contributed by atoms with van der Waals surface area (Å²) in [5.41, 5.74) is 5.61. The van der Waals surface area contributed by atoms with Gasteiger partial charge in [-0.25, -0.2) is 13.1 Å². The van der Waals surface area contributed by atoms with E-state index in [4.69, 9.17) is 10.8 Å². The highest BCUT2D eigenvalue weighted by Crippen LogP contribution is 2.24. The van der Waals surface area contributed by atoms with E-state index in [9.17, 15) is 21.6 Å². The number of nitrogens with two attached hydrogens (primary N) is 1. The lowest BCUT2D eigenvalue weighted by molar-refractivity contribution is -0.198. The Kier molecular flexibility index (Phi) is 4.84. The van der Waals surface area contributed by atoms with Crippen LogP contribution in [0, 0.1) is 0 Å². The summed E-state index contributed by atoms with van der Waals surface area (Å²) in [5, 5.41) is 11.1. The molecule has 0 bridgehead atoms. The summed E-state index contributed by atoms with van der Waals surface area (Å²) >= 11 is 0. The second-order valence-corrected chi connectivity index (χ2v) is 5.78. The molecule has 0 aliphatic heterocycles. The molecule has 0 spiro atoms. The van der Waals surface area contributed by atoms with Gasteiger partial charge in [-0.2, -0.15) is 13.2 Å². The van der Waals surface area contributed by atoms with Crippen LogP contribution in [-0.4, -0.2) is 39.4 Å². The normalized spacial score (nSPS) is 14.1. The van der Waals surface area contributed by atoms with Crippen LogP contribution in [0.2, 0.25) is 0 Å². The smallest absolute Gasteiger partial charge is 0.397 e. The number of aliphatic hydroxyl groups excluding tert-OH is 1. The standard InChI is InChI=1S/C10H14F3N3O3S/c1-15-20(18,19)6-2-3-8(7(14)4-6)16-5-9(17)10(11,12)13/h2-4,9,15-17H,5,14H2,1H3. The fraction of sp³-hybridized carbons (Fsp3) is 0.400. The average Bonchev–Trinajstić information content (AvgIpc) is 2.35. The first kappa shape index (κ1) is 16.5. The van der Waals surface area contributed by atoms with Crippen molar-refractivity contribution in [2.75, 3.05) is 24.6 Å². The van der Waals surface area contributed by atoms with Gasteiger partial charge in [0.2, 0.25) is 10.0 Å². The summed E-state index contributed by atoms with van der Waals surface area (Å²) in [6.45, 7) is -0.786. The molecule has 1 aromatic rings. The Bertz CT molecular complexity index is 575. The van der Waals surface area contributed by atoms with E-state index in [1.807, 2.05) is 0 Å². The molecule has 0 aliphatic rings. The van der Waals surface area contributed by atoms with E-state index in [1.165, 1.54) is 19.2 Å². The molecule has 0 fully saturated rings. The number of halogens is 3. The van der Waals surface area contributed by atoms with Gasteiger partial charge < -0.3 is 16.2 Å². The van der Waals surface area contributed by atoms with Crippen LogP contribution < -0.4 is 15.8 Å². The Morgan fingerprint density at radius 1 is 1.40 bits per heavy atom. The van der Waals surface area contributed by atoms with Gasteiger partial charge in [-0.3, -0.25) is 0 Å². The molecule has 0 radical (unpaired) electrons. The number of aliphatic hydroxyl groups is 1. The van der Waals surface area contributed by atoms with Crippen LogP contribution in [0.1, 0.15) is 0 Å². The van der Waals surface area contributed by atoms with Crippen LogP contribution in [0.25, 0.3) is 0 Å². The molecule has 0 saturated carbocycles. The van der Waals surface area contributed by atoms with Gasteiger partial charge in [-0.15, -0.1) is 0 Å². The molecule has 20 heavy (non-hydrogen) atoms. The maximum Gasteiger partial charge on any atom is 0.416 e. The van der Waals surface area contributed by atoms with Crippen LogP contribution in [0.3, 0.4) is 0 Å². The largest absolute Gasteiger partial charge is 0.416 e. The quantitative estimate of drug-likeness (QED) is 0.593. The fourth-order valence-corrected chi connectivity index (χ4v) is 2.07. The molecule has 1 atom stereocenters. The molecule has 0 amide bonds. The number of sulfonamides is 1. The number of rotatable bonds is 5. The fourth-order valence-electron chi connectivity index (χ4n) is 1.31. The Labute approximate surface area is 113 Å². The first-order valence-electron chi connectivity index (χ1n) is 5.39. The van der Waals surface area contributed by atoms with E-state index in [-0.39, 0.29) is 16.3 Å². The monoisotopic (exact) mass is 313 g/mol. The number of alkyl halides is 3. The number of hydrogen-bond donors (Lipinski definition) is 4. The van der Waals surface area contributed by atoms with Crippen molar-refractivity contribution in [3.8, 4) is 0 Å². The topological polar surface area (TPSA) is 104 Å². The van der Waals surface area contributed by atoms with Gasteiger partial charge in [0.25, 0.3) is 0 Å². The second-order valence-electron chi connectivity index (χ2n) is 3.89. The zero-order valence-corrected chi connectivity index (χ0v) is 11.2.